The van der Waals surface area contributed by atoms with E-state index in [2.05, 4.69) is 0 Å². The molecule has 3 rings (SSSR count). The molecule has 0 radical (unpaired) electrons. The number of carbonyl (C=O) groups is 2. The second kappa shape index (κ2) is 6.28. The van der Waals surface area contributed by atoms with Gasteiger partial charge in [-0.1, -0.05) is 18.2 Å². The third-order valence-electron chi connectivity index (χ3n) is 4.08. The Hall–Kier alpha value is -2.56. The first-order valence-electron chi connectivity index (χ1n) is 7.39. The molecule has 23 heavy (non-hydrogen) atoms. The summed E-state index contributed by atoms with van der Waals surface area (Å²) in [6.07, 6.45) is 1.37. The highest BCUT2D eigenvalue weighted by Crippen LogP contribution is 2.39. The summed E-state index contributed by atoms with van der Waals surface area (Å²) in [7, 11) is 0. The van der Waals surface area contributed by atoms with Crippen molar-refractivity contribution < 1.29 is 18.4 Å². The van der Waals surface area contributed by atoms with Crippen molar-refractivity contribution in [2.45, 2.75) is 25.4 Å². The van der Waals surface area contributed by atoms with E-state index in [4.69, 9.17) is 0 Å². The van der Waals surface area contributed by atoms with E-state index in [1.807, 2.05) is 0 Å². The number of carbonyl (C=O) groups excluding carboxylic acids is 2. The predicted molar refractivity (Wildman–Crippen MR) is 80.7 cm³/mol. The van der Waals surface area contributed by atoms with Gasteiger partial charge in [-0.2, -0.15) is 0 Å². The Balaban J connectivity index is 1.95. The molecule has 1 aliphatic rings. The van der Waals surface area contributed by atoms with Gasteiger partial charge in [0.05, 0.1) is 6.04 Å². The van der Waals surface area contributed by atoms with Crippen LogP contribution in [0.2, 0.25) is 0 Å². The molecule has 0 aromatic heterocycles. The Kier molecular flexibility index (Phi) is 4.19. The number of halogens is 2. The number of hydrogen-bond donors (Lipinski definition) is 0. The highest BCUT2D eigenvalue weighted by molar-refractivity contribution is 5.99. The van der Waals surface area contributed by atoms with Gasteiger partial charge in [-0.15, -0.1) is 0 Å². The van der Waals surface area contributed by atoms with Gasteiger partial charge in [0.15, 0.2) is 0 Å². The van der Waals surface area contributed by atoms with Gasteiger partial charge in [0.2, 0.25) is 0 Å². The van der Waals surface area contributed by atoms with Crippen LogP contribution in [0.5, 0.6) is 0 Å². The van der Waals surface area contributed by atoms with Gasteiger partial charge in [-0.3, -0.25) is 4.79 Å². The van der Waals surface area contributed by atoms with E-state index in [0.29, 0.717) is 17.5 Å². The number of fused-ring (bicyclic) bond motifs is 1. The molecule has 0 unspecified atom stereocenters. The van der Waals surface area contributed by atoms with Crippen LogP contribution in [-0.2, 0) is 11.3 Å². The van der Waals surface area contributed by atoms with Crippen LogP contribution in [0.4, 0.5) is 8.78 Å². The molecule has 118 valence electrons. The molecular formula is C18H15F2NO2. The summed E-state index contributed by atoms with van der Waals surface area (Å²) in [6, 6.07) is 9.78. The molecule has 1 amide bonds. The fraction of sp³-hybridized carbons (Fsp3) is 0.222. The molecule has 1 heterocycles. The molecular weight excluding hydrogens is 300 g/mol. The quantitative estimate of drug-likeness (QED) is 0.790. The van der Waals surface area contributed by atoms with Crippen LogP contribution < -0.4 is 0 Å². The third-order valence-corrected chi connectivity index (χ3v) is 4.08. The van der Waals surface area contributed by atoms with Gasteiger partial charge in [0.1, 0.15) is 17.9 Å². The van der Waals surface area contributed by atoms with E-state index >= 15 is 0 Å². The topological polar surface area (TPSA) is 37.4 Å². The van der Waals surface area contributed by atoms with E-state index in [1.54, 1.807) is 23.1 Å². The maximum Gasteiger partial charge on any atom is 0.255 e. The van der Waals surface area contributed by atoms with Crippen molar-refractivity contribution in [1.82, 2.24) is 4.90 Å². The van der Waals surface area contributed by atoms with Crippen LogP contribution in [0.3, 0.4) is 0 Å². The average molecular weight is 315 g/mol. The molecule has 0 aliphatic carbocycles. The van der Waals surface area contributed by atoms with Crippen molar-refractivity contribution in [2.75, 3.05) is 0 Å². The third kappa shape index (κ3) is 2.86. The maximum absolute atomic E-state index is 14.2. The second-order valence-electron chi connectivity index (χ2n) is 5.52. The van der Waals surface area contributed by atoms with Crippen LogP contribution >= 0.6 is 0 Å². The van der Waals surface area contributed by atoms with Crippen LogP contribution in [0.25, 0.3) is 0 Å². The lowest BCUT2D eigenvalue weighted by atomic mass is 10.00. The summed E-state index contributed by atoms with van der Waals surface area (Å²) >= 11 is 0. The Labute approximate surface area is 132 Å². The van der Waals surface area contributed by atoms with Crippen LogP contribution in [0.1, 0.15) is 40.4 Å². The zero-order valence-electron chi connectivity index (χ0n) is 12.3. The van der Waals surface area contributed by atoms with E-state index < -0.39 is 11.9 Å². The molecule has 3 nitrogen and oxygen atoms in total. The van der Waals surface area contributed by atoms with E-state index in [-0.39, 0.29) is 24.7 Å². The van der Waals surface area contributed by atoms with Crippen molar-refractivity contribution >= 4 is 12.2 Å². The van der Waals surface area contributed by atoms with Crippen LogP contribution in [0.15, 0.2) is 42.5 Å². The summed E-state index contributed by atoms with van der Waals surface area (Å²) < 4.78 is 27.2. The fourth-order valence-corrected chi connectivity index (χ4v) is 3.01. The average Bonchev–Trinajstić information content (AvgIpc) is 2.81. The second-order valence-corrected chi connectivity index (χ2v) is 5.52. The molecule has 0 N–H and O–H groups in total. The lowest BCUT2D eigenvalue weighted by molar-refractivity contribution is -0.108. The maximum atomic E-state index is 14.2. The SMILES string of the molecule is O=CCC[C@H]1c2c(F)cccc2C(=O)N1Cc1ccc(F)cc1. The number of rotatable bonds is 5. The Bertz CT molecular complexity index is 743. The van der Waals surface area contributed by atoms with Gasteiger partial charge >= 0.3 is 0 Å². The van der Waals surface area contributed by atoms with Crippen molar-refractivity contribution in [3.05, 3.63) is 70.8 Å². The number of nitrogens with zero attached hydrogens (tertiary/aromatic N) is 1. The zero-order valence-corrected chi connectivity index (χ0v) is 12.3. The summed E-state index contributed by atoms with van der Waals surface area (Å²) in [5.41, 5.74) is 1.44. The van der Waals surface area contributed by atoms with Gasteiger partial charge in [-0.05, 0) is 36.2 Å². The molecule has 2 aromatic carbocycles. The molecule has 0 saturated carbocycles. The van der Waals surface area contributed by atoms with Gasteiger partial charge in [-0.25, -0.2) is 8.78 Å². The Morgan fingerprint density at radius 2 is 1.83 bits per heavy atom. The summed E-state index contributed by atoms with van der Waals surface area (Å²) in [5.74, 6) is -1.05. The van der Waals surface area contributed by atoms with Crippen LogP contribution in [0, 0.1) is 11.6 Å². The van der Waals surface area contributed by atoms with Crippen LogP contribution in [-0.4, -0.2) is 17.1 Å². The molecule has 1 aliphatic heterocycles. The standard InChI is InChI=1S/C18H15F2NO2/c19-13-8-6-12(7-9-13)11-21-16(5-2-10-22)17-14(18(21)23)3-1-4-15(17)20/h1,3-4,6-10,16H,2,5,11H2/t16-/m0/s1. The van der Waals surface area contributed by atoms with Crippen molar-refractivity contribution in [1.29, 1.82) is 0 Å². The predicted octanol–water partition coefficient (Wildman–Crippen LogP) is 3.64. The molecule has 2 aromatic rings. The summed E-state index contributed by atoms with van der Waals surface area (Å²) in [6.45, 7) is 0.247. The van der Waals surface area contributed by atoms with E-state index in [9.17, 15) is 18.4 Å². The Morgan fingerprint density at radius 1 is 1.09 bits per heavy atom. The lowest BCUT2D eigenvalue weighted by Gasteiger charge is -2.25. The Morgan fingerprint density at radius 3 is 2.52 bits per heavy atom. The van der Waals surface area contributed by atoms with Crippen molar-refractivity contribution in [3.8, 4) is 0 Å². The number of amides is 1. The number of benzene rings is 2. The van der Waals surface area contributed by atoms with Crippen molar-refractivity contribution in [2.24, 2.45) is 0 Å². The molecule has 0 spiro atoms. The summed E-state index contributed by atoms with van der Waals surface area (Å²) in [5, 5.41) is 0. The minimum absolute atomic E-state index is 0.242. The highest BCUT2D eigenvalue weighted by atomic mass is 19.1. The normalized spacial score (nSPS) is 16.5. The first-order chi connectivity index (χ1) is 11.1. The molecule has 0 fully saturated rings. The van der Waals surface area contributed by atoms with E-state index in [0.717, 1.165) is 11.8 Å². The largest absolute Gasteiger partial charge is 0.327 e. The first-order valence-corrected chi connectivity index (χ1v) is 7.39. The van der Waals surface area contributed by atoms with Gasteiger partial charge in [0.25, 0.3) is 5.91 Å². The number of hydrogen-bond acceptors (Lipinski definition) is 2. The van der Waals surface area contributed by atoms with Gasteiger partial charge < -0.3 is 9.69 Å². The van der Waals surface area contributed by atoms with Crippen molar-refractivity contribution in [3.63, 3.8) is 0 Å². The minimum Gasteiger partial charge on any atom is -0.327 e. The van der Waals surface area contributed by atoms with Gasteiger partial charge in [0, 0.05) is 24.1 Å². The summed E-state index contributed by atoms with van der Waals surface area (Å²) in [4.78, 5) is 24.8. The molecule has 5 heteroatoms. The lowest BCUT2D eigenvalue weighted by Crippen LogP contribution is -2.27. The van der Waals surface area contributed by atoms with E-state index in [1.165, 1.54) is 24.3 Å². The highest BCUT2D eigenvalue weighted by Gasteiger charge is 2.38. The molecule has 0 bridgehead atoms. The first kappa shape index (κ1) is 15.3. The zero-order chi connectivity index (χ0) is 16.4. The number of aldehydes is 1. The molecule has 1 atom stereocenters. The smallest absolute Gasteiger partial charge is 0.255 e. The monoisotopic (exact) mass is 315 g/mol. The molecule has 0 saturated heterocycles. The minimum atomic E-state index is -0.478. The fourth-order valence-electron chi connectivity index (χ4n) is 3.01.